The number of nitrogens with two attached hydrogens (primary N) is 1. The van der Waals surface area contributed by atoms with Crippen molar-refractivity contribution in [3.05, 3.63) is 0 Å². The van der Waals surface area contributed by atoms with Crippen LogP contribution in [-0.2, 0) is 10.0 Å². The lowest BCUT2D eigenvalue weighted by atomic mass is 9.87. The van der Waals surface area contributed by atoms with Gasteiger partial charge >= 0.3 is 0 Å². The summed E-state index contributed by atoms with van der Waals surface area (Å²) in [4.78, 5) is 0.117. The smallest absolute Gasteiger partial charge is 0.249 e. The second-order valence-corrected chi connectivity index (χ2v) is 8.48. The minimum Gasteiger partial charge on any atom is -0.382 e. The first kappa shape index (κ1) is 15.5. The van der Waals surface area contributed by atoms with Crippen molar-refractivity contribution < 1.29 is 8.42 Å². The number of aromatic nitrogens is 1. The lowest BCUT2D eigenvalue weighted by Crippen LogP contribution is -2.27. The fraction of sp³-hybridized carbons (Fsp3) is 0.750. The summed E-state index contributed by atoms with van der Waals surface area (Å²) in [6.45, 7) is 2.25. The quantitative estimate of drug-likeness (QED) is 0.886. The maximum atomic E-state index is 12.3. The first-order chi connectivity index (χ1) is 9.32. The molecule has 0 bridgehead atoms. The highest BCUT2D eigenvalue weighted by Crippen LogP contribution is 2.35. The van der Waals surface area contributed by atoms with Crippen LogP contribution in [0.4, 0.5) is 10.8 Å². The van der Waals surface area contributed by atoms with Crippen molar-refractivity contribution in [3.63, 3.8) is 0 Å². The van der Waals surface area contributed by atoms with E-state index in [0.717, 1.165) is 30.3 Å². The van der Waals surface area contributed by atoms with Crippen LogP contribution in [0.3, 0.4) is 0 Å². The number of anilines is 2. The lowest BCUT2D eigenvalue weighted by molar-refractivity contribution is 0.361. The molecule has 1 heterocycles. The fourth-order valence-electron chi connectivity index (χ4n) is 2.41. The van der Waals surface area contributed by atoms with E-state index in [4.69, 9.17) is 5.73 Å². The molecule has 0 amide bonds. The molecule has 6 nitrogen and oxygen atoms in total. The molecule has 0 atom stereocenters. The molecule has 0 spiro atoms. The summed E-state index contributed by atoms with van der Waals surface area (Å²) >= 11 is 1.12. The van der Waals surface area contributed by atoms with Crippen molar-refractivity contribution in [2.45, 2.75) is 43.5 Å². The van der Waals surface area contributed by atoms with E-state index in [1.54, 1.807) is 0 Å². The van der Waals surface area contributed by atoms with Crippen LogP contribution in [0.2, 0.25) is 0 Å². The molecule has 0 saturated heterocycles. The van der Waals surface area contributed by atoms with Crippen molar-refractivity contribution in [3.8, 4) is 0 Å². The Hall–Kier alpha value is -0.860. The molecule has 1 fully saturated rings. The van der Waals surface area contributed by atoms with E-state index in [0.29, 0.717) is 11.0 Å². The highest BCUT2D eigenvalue weighted by Gasteiger charge is 2.29. The molecule has 20 heavy (non-hydrogen) atoms. The monoisotopic (exact) mass is 318 g/mol. The molecule has 1 aromatic heterocycles. The highest BCUT2D eigenvalue weighted by molar-refractivity contribution is 7.89. The second kappa shape index (κ2) is 5.87. The first-order valence-electron chi connectivity index (χ1n) is 6.76. The standard InChI is InChI=1S/C12H22N4O2S2/c1-8-4-6-9(7-5-8)14-12-10(11(13)15-19-12)20(17,18)16(2)3/h8-9,14H,4-7H2,1-3H3,(H2,13,15). The van der Waals surface area contributed by atoms with Gasteiger partial charge in [-0.2, -0.15) is 4.37 Å². The van der Waals surface area contributed by atoms with E-state index in [9.17, 15) is 8.42 Å². The van der Waals surface area contributed by atoms with Gasteiger partial charge < -0.3 is 11.1 Å². The van der Waals surface area contributed by atoms with Crippen molar-refractivity contribution in [2.24, 2.45) is 5.92 Å². The van der Waals surface area contributed by atoms with Crippen LogP contribution in [0, 0.1) is 5.92 Å². The summed E-state index contributed by atoms with van der Waals surface area (Å²) in [6.07, 6.45) is 4.45. The van der Waals surface area contributed by atoms with E-state index in [1.165, 1.54) is 31.2 Å². The molecule has 0 unspecified atom stereocenters. The Kier molecular flexibility index (Phi) is 4.55. The summed E-state index contributed by atoms with van der Waals surface area (Å²) in [6, 6.07) is 0.308. The van der Waals surface area contributed by atoms with Crippen molar-refractivity contribution >= 4 is 32.4 Å². The highest BCUT2D eigenvalue weighted by atomic mass is 32.2. The van der Waals surface area contributed by atoms with Crippen LogP contribution < -0.4 is 11.1 Å². The summed E-state index contributed by atoms with van der Waals surface area (Å²) in [5.41, 5.74) is 5.75. The number of nitrogens with one attached hydrogen (secondary N) is 1. The number of sulfonamides is 1. The van der Waals surface area contributed by atoms with Gasteiger partial charge in [-0.1, -0.05) is 6.92 Å². The van der Waals surface area contributed by atoms with Crippen LogP contribution in [0.1, 0.15) is 32.6 Å². The third-order valence-electron chi connectivity index (χ3n) is 3.76. The molecule has 8 heteroatoms. The summed E-state index contributed by atoms with van der Waals surface area (Å²) in [5, 5.41) is 3.89. The van der Waals surface area contributed by atoms with Crippen molar-refractivity contribution in [2.75, 3.05) is 25.1 Å². The number of hydrogen-bond donors (Lipinski definition) is 2. The molecule has 114 valence electrons. The largest absolute Gasteiger partial charge is 0.382 e. The lowest BCUT2D eigenvalue weighted by Gasteiger charge is -2.27. The van der Waals surface area contributed by atoms with E-state index in [-0.39, 0.29) is 10.7 Å². The number of nitrogen functional groups attached to an aromatic ring is 1. The molecule has 3 N–H and O–H groups in total. The maximum absolute atomic E-state index is 12.3. The van der Waals surface area contributed by atoms with Gasteiger partial charge in [0, 0.05) is 20.1 Å². The van der Waals surface area contributed by atoms with Gasteiger partial charge in [0.2, 0.25) is 10.0 Å². The molecule has 1 saturated carbocycles. The van der Waals surface area contributed by atoms with Gasteiger partial charge in [-0.05, 0) is 43.1 Å². The van der Waals surface area contributed by atoms with Crippen molar-refractivity contribution in [1.82, 2.24) is 8.68 Å². The van der Waals surface area contributed by atoms with Gasteiger partial charge in [-0.15, -0.1) is 0 Å². The van der Waals surface area contributed by atoms with Gasteiger partial charge in [-0.25, -0.2) is 12.7 Å². The Bertz CT molecular complexity index is 560. The summed E-state index contributed by atoms with van der Waals surface area (Å²) in [5.74, 6) is 0.833. The minimum atomic E-state index is -3.56. The summed E-state index contributed by atoms with van der Waals surface area (Å²) < 4.78 is 29.8. The molecule has 0 aliphatic heterocycles. The Morgan fingerprint density at radius 2 is 1.90 bits per heavy atom. The molecule has 0 aromatic carbocycles. The van der Waals surface area contributed by atoms with Gasteiger partial charge in [0.1, 0.15) is 5.00 Å². The first-order valence-corrected chi connectivity index (χ1v) is 8.98. The van der Waals surface area contributed by atoms with E-state index >= 15 is 0 Å². The Morgan fingerprint density at radius 1 is 1.30 bits per heavy atom. The normalized spacial score (nSPS) is 24.0. The fourth-order valence-corrected chi connectivity index (χ4v) is 4.55. The van der Waals surface area contributed by atoms with Crippen LogP contribution in [0.15, 0.2) is 4.90 Å². The Balaban J connectivity index is 2.22. The molecule has 2 rings (SSSR count). The number of nitrogens with zero attached hydrogens (tertiary/aromatic N) is 2. The Labute approximate surface area is 124 Å². The minimum absolute atomic E-state index is 0.0791. The second-order valence-electron chi connectivity index (χ2n) is 5.61. The average Bonchev–Trinajstić information content (AvgIpc) is 2.73. The Morgan fingerprint density at radius 3 is 2.45 bits per heavy atom. The van der Waals surface area contributed by atoms with Gasteiger partial charge in [0.25, 0.3) is 0 Å². The molecular formula is C12H22N4O2S2. The third-order valence-corrected chi connectivity index (χ3v) is 6.58. The van der Waals surface area contributed by atoms with Crippen LogP contribution in [-0.4, -0.2) is 37.2 Å². The third kappa shape index (κ3) is 3.07. The molecule has 1 aliphatic carbocycles. The topological polar surface area (TPSA) is 88.3 Å². The molecular weight excluding hydrogens is 296 g/mol. The van der Waals surface area contributed by atoms with Crippen LogP contribution >= 0.6 is 11.5 Å². The maximum Gasteiger partial charge on any atom is 0.249 e. The molecule has 1 aromatic rings. The van der Waals surface area contributed by atoms with E-state index < -0.39 is 10.0 Å². The summed E-state index contributed by atoms with van der Waals surface area (Å²) in [7, 11) is -0.566. The zero-order valence-electron chi connectivity index (χ0n) is 12.1. The average molecular weight is 318 g/mol. The predicted molar refractivity (Wildman–Crippen MR) is 82.4 cm³/mol. The van der Waals surface area contributed by atoms with Crippen LogP contribution in [0.5, 0.6) is 0 Å². The number of hydrogen-bond acceptors (Lipinski definition) is 6. The number of rotatable bonds is 4. The zero-order chi connectivity index (χ0) is 14.9. The SMILES string of the molecule is CC1CCC(Nc2snc(N)c2S(=O)(=O)N(C)C)CC1. The van der Waals surface area contributed by atoms with Gasteiger partial charge in [0.15, 0.2) is 10.7 Å². The van der Waals surface area contributed by atoms with E-state index in [1.807, 2.05) is 0 Å². The molecule has 1 aliphatic rings. The van der Waals surface area contributed by atoms with Crippen molar-refractivity contribution in [1.29, 1.82) is 0 Å². The van der Waals surface area contributed by atoms with Gasteiger partial charge in [-0.3, -0.25) is 0 Å². The van der Waals surface area contributed by atoms with Gasteiger partial charge in [0.05, 0.1) is 0 Å². The predicted octanol–water partition coefficient (Wildman–Crippen LogP) is 1.97. The van der Waals surface area contributed by atoms with E-state index in [2.05, 4.69) is 16.6 Å². The zero-order valence-corrected chi connectivity index (χ0v) is 13.7. The molecule has 0 radical (unpaired) electrons. The van der Waals surface area contributed by atoms with Crippen LogP contribution in [0.25, 0.3) is 0 Å².